The zero-order valence-electron chi connectivity index (χ0n) is 10.7. The molecule has 0 aromatic heterocycles. The van der Waals surface area contributed by atoms with E-state index in [0.717, 1.165) is 0 Å². The van der Waals surface area contributed by atoms with Gasteiger partial charge in [0.1, 0.15) is 0 Å². The third kappa shape index (κ3) is 3.58. The Hall–Kier alpha value is -1.56. The van der Waals surface area contributed by atoms with Crippen molar-refractivity contribution < 1.29 is 43.9 Å². The molecule has 0 amide bonds. The second-order valence-corrected chi connectivity index (χ2v) is 4.73. The van der Waals surface area contributed by atoms with Crippen molar-refractivity contribution in [2.45, 2.75) is 9.79 Å². The highest BCUT2D eigenvalue weighted by molar-refractivity contribution is 7.80. The average molecular weight is 400 g/mol. The molecule has 0 saturated heterocycles. The largest absolute Gasteiger partial charge is 0.202 e. The summed E-state index contributed by atoms with van der Waals surface area (Å²) in [6.45, 7) is 0. The highest BCUT2D eigenvalue weighted by Crippen LogP contribution is 2.26. The van der Waals surface area contributed by atoms with Gasteiger partial charge in [-0.15, -0.1) is 25.3 Å². The minimum atomic E-state index is -2.18. The molecule has 2 rings (SSSR count). The smallest absolute Gasteiger partial charge is 0.200 e. The Balaban J connectivity index is 0.000000240. The minimum absolute atomic E-state index is 1.17. The molecule has 0 spiro atoms. The van der Waals surface area contributed by atoms with E-state index in [0.29, 0.717) is 0 Å². The molecule has 0 unspecified atom stereocenters. The van der Waals surface area contributed by atoms with Crippen LogP contribution in [0.2, 0.25) is 0 Å². The van der Waals surface area contributed by atoms with Crippen LogP contribution in [0.15, 0.2) is 9.79 Å². The Morgan fingerprint density at radius 1 is 0.292 bits per heavy atom. The third-order valence-corrected chi connectivity index (χ3v) is 3.16. The number of hydrogen-bond donors (Lipinski definition) is 2. The first-order valence-electron chi connectivity index (χ1n) is 5.34. The topological polar surface area (TPSA) is 0 Å². The Labute approximate surface area is 137 Å². The van der Waals surface area contributed by atoms with Crippen LogP contribution in [0.1, 0.15) is 0 Å². The van der Waals surface area contributed by atoms with Gasteiger partial charge in [0.25, 0.3) is 0 Å². The maximum absolute atomic E-state index is 12.3. The maximum atomic E-state index is 12.3. The van der Waals surface area contributed by atoms with Crippen LogP contribution >= 0.6 is 25.3 Å². The first-order chi connectivity index (χ1) is 10.9. The highest BCUT2D eigenvalue weighted by Gasteiger charge is 2.24. The summed E-state index contributed by atoms with van der Waals surface area (Å²) in [7, 11) is 0. The standard InChI is InChI=1S/2C6HF5S/c2*7-1-2(8)4(10)6(12)5(11)3(1)9/h2*12H. The Bertz CT molecular complexity index is 528. The third-order valence-electron chi connectivity index (χ3n) is 2.37. The number of hydrogen-bond acceptors (Lipinski definition) is 2. The van der Waals surface area contributed by atoms with Crippen molar-refractivity contribution in [1.29, 1.82) is 0 Å². The number of benzene rings is 2. The number of thiol groups is 2. The number of rotatable bonds is 0. The lowest BCUT2D eigenvalue weighted by atomic mass is 10.3. The van der Waals surface area contributed by atoms with Crippen LogP contribution in [0, 0.1) is 58.2 Å². The van der Waals surface area contributed by atoms with Crippen molar-refractivity contribution in [3.05, 3.63) is 58.2 Å². The molecule has 0 bridgehead atoms. The van der Waals surface area contributed by atoms with Gasteiger partial charge >= 0.3 is 0 Å². The van der Waals surface area contributed by atoms with E-state index in [9.17, 15) is 43.9 Å². The van der Waals surface area contributed by atoms with Crippen LogP contribution in [0.25, 0.3) is 0 Å². The van der Waals surface area contributed by atoms with Crippen LogP contribution in [-0.2, 0) is 0 Å². The van der Waals surface area contributed by atoms with E-state index in [1.165, 1.54) is 0 Å². The van der Waals surface area contributed by atoms with Crippen molar-refractivity contribution in [2.75, 3.05) is 0 Å². The van der Waals surface area contributed by atoms with Gasteiger partial charge in [0.05, 0.1) is 9.79 Å². The minimum Gasteiger partial charge on any atom is -0.202 e. The normalized spacial score (nSPS) is 10.5. The van der Waals surface area contributed by atoms with E-state index < -0.39 is 68.0 Å². The van der Waals surface area contributed by atoms with Gasteiger partial charge in [0.15, 0.2) is 46.5 Å². The molecule has 0 saturated carbocycles. The molecule has 0 fully saturated rings. The van der Waals surface area contributed by atoms with Crippen LogP contribution in [-0.4, -0.2) is 0 Å². The zero-order valence-corrected chi connectivity index (χ0v) is 12.5. The molecule has 0 aliphatic rings. The fourth-order valence-electron chi connectivity index (χ4n) is 1.19. The summed E-state index contributed by atoms with van der Waals surface area (Å²) in [5, 5.41) is 0. The molecule has 0 aliphatic carbocycles. The highest BCUT2D eigenvalue weighted by atomic mass is 32.1. The van der Waals surface area contributed by atoms with Gasteiger partial charge in [0, 0.05) is 0 Å². The van der Waals surface area contributed by atoms with Crippen molar-refractivity contribution >= 4 is 25.3 Å². The summed E-state index contributed by atoms with van der Waals surface area (Å²) < 4.78 is 123. The summed E-state index contributed by atoms with van der Waals surface area (Å²) in [6.07, 6.45) is 0. The van der Waals surface area contributed by atoms with E-state index in [2.05, 4.69) is 25.3 Å². The van der Waals surface area contributed by atoms with E-state index in [4.69, 9.17) is 0 Å². The van der Waals surface area contributed by atoms with Gasteiger partial charge in [-0.1, -0.05) is 0 Å². The van der Waals surface area contributed by atoms with Gasteiger partial charge in [-0.2, -0.15) is 0 Å². The lowest BCUT2D eigenvalue weighted by Gasteiger charge is -2.01. The monoisotopic (exact) mass is 400 g/mol. The van der Waals surface area contributed by atoms with Crippen molar-refractivity contribution in [1.82, 2.24) is 0 Å². The van der Waals surface area contributed by atoms with E-state index in [1.807, 2.05) is 0 Å². The molecule has 12 heteroatoms. The SMILES string of the molecule is Fc1c(F)c(F)c(S)c(F)c1F.Fc1c(F)c(F)c(S)c(F)c1F. The molecule has 2 aromatic carbocycles. The van der Waals surface area contributed by atoms with Gasteiger partial charge in [0.2, 0.25) is 11.6 Å². The molecule has 0 nitrogen and oxygen atoms in total. The zero-order chi connectivity index (χ0) is 18.9. The molecular formula is C12H2F10S2. The van der Waals surface area contributed by atoms with Gasteiger partial charge in [-0.3, -0.25) is 0 Å². The Morgan fingerprint density at radius 3 is 0.583 bits per heavy atom. The first kappa shape index (κ1) is 20.5. The first-order valence-corrected chi connectivity index (χ1v) is 6.23. The summed E-state index contributed by atoms with van der Waals surface area (Å²) in [4.78, 5) is -2.35. The lowest BCUT2D eigenvalue weighted by Crippen LogP contribution is -2.01. The van der Waals surface area contributed by atoms with Crippen LogP contribution in [0.5, 0.6) is 0 Å². The molecule has 0 radical (unpaired) electrons. The summed E-state index contributed by atoms with van der Waals surface area (Å²) in [5.74, 6) is -20.0. The van der Waals surface area contributed by atoms with Crippen LogP contribution in [0.3, 0.4) is 0 Å². The van der Waals surface area contributed by atoms with Gasteiger partial charge in [-0.25, -0.2) is 43.9 Å². The molecule has 0 N–H and O–H groups in total. The second-order valence-electron chi connectivity index (χ2n) is 3.84. The van der Waals surface area contributed by atoms with Crippen LogP contribution in [0.4, 0.5) is 43.9 Å². The molecule has 132 valence electrons. The van der Waals surface area contributed by atoms with Gasteiger partial charge < -0.3 is 0 Å². The Kier molecular flexibility index (Phi) is 6.45. The van der Waals surface area contributed by atoms with Crippen LogP contribution < -0.4 is 0 Å². The summed E-state index contributed by atoms with van der Waals surface area (Å²) in [6, 6.07) is 0. The maximum Gasteiger partial charge on any atom is 0.200 e. The van der Waals surface area contributed by atoms with E-state index in [-0.39, 0.29) is 0 Å². The quantitative estimate of drug-likeness (QED) is 0.254. The van der Waals surface area contributed by atoms with Crippen molar-refractivity contribution in [3.63, 3.8) is 0 Å². The lowest BCUT2D eigenvalue weighted by molar-refractivity contribution is 0.361. The molecule has 24 heavy (non-hydrogen) atoms. The molecule has 0 heterocycles. The van der Waals surface area contributed by atoms with E-state index in [1.54, 1.807) is 0 Å². The fraction of sp³-hybridized carbons (Fsp3) is 0. The van der Waals surface area contributed by atoms with Gasteiger partial charge in [-0.05, 0) is 0 Å². The average Bonchev–Trinajstić information content (AvgIpc) is 2.58. The molecule has 0 atom stereocenters. The molecule has 0 aliphatic heterocycles. The predicted octanol–water partition coefficient (Wildman–Crippen LogP) is 5.34. The van der Waals surface area contributed by atoms with E-state index >= 15 is 0 Å². The van der Waals surface area contributed by atoms with Crippen molar-refractivity contribution in [3.8, 4) is 0 Å². The molecular weight excluding hydrogens is 398 g/mol. The summed E-state index contributed by atoms with van der Waals surface area (Å²) in [5.41, 5.74) is 0. The van der Waals surface area contributed by atoms with Crippen molar-refractivity contribution in [2.24, 2.45) is 0 Å². The molecule has 2 aromatic rings. The number of halogens is 10. The Morgan fingerprint density at radius 2 is 0.417 bits per heavy atom. The second kappa shape index (κ2) is 7.55. The fourth-order valence-corrected chi connectivity index (χ4v) is 1.58. The predicted molar refractivity (Wildman–Crippen MR) is 67.0 cm³/mol. The summed E-state index contributed by atoms with van der Waals surface area (Å²) >= 11 is 6.20.